The summed E-state index contributed by atoms with van der Waals surface area (Å²) in [6.45, 7) is 9.26. The molecule has 0 bridgehead atoms. The lowest BCUT2D eigenvalue weighted by atomic mass is 9.82. The minimum Gasteiger partial charge on any atom is -0.403 e. The van der Waals surface area contributed by atoms with Crippen LogP contribution in [0.25, 0.3) is 0 Å². The second-order valence-electron chi connectivity index (χ2n) is 5.77. The van der Waals surface area contributed by atoms with Gasteiger partial charge in [0.05, 0.1) is 27.0 Å². The molecule has 0 aliphatic carbocycles. The molecule has 0 N–H and O–H groups in total. The lowest BCUT2D eigenvalue weighted by Gasteiger charge is -2.32. The first-order valence-corrected chi connectivity index (χ1v) is 9.93. The van der Waals surface area contributed by atoms with Gasteiger partial charge in [-0.25, -0.2) is 0 Å². The minimum atomic E-state index is -0.191. The Hall–Kier alpha value is 1.02. The van der Waals surface area contributed by atoms with Gasteiger partial charge < -0.3 is 13.5 Å². The van der Waals surface area contributed by atoms with Crippen molar-refractivity contribution in [2.75, 3.05) is 6.61 Å². The third-order valence-corrected chi connectivity index (χ3v) is 4.78. The van der Waals surface area contributed by atoms with Gasteiger partial charge in [0.25, 0.3) is 0 Å². The summed E-state index contributed by atoms with van der Waals surface area (Å²) < 4.78 is 17.1. The van der Waals surface area contributed by atoms with Gasteiger partial charge in [0.15, 0.2) is 0 Å². The van der Waals surface area contributed by atoms with Gasteiger partial charge in [-0.05, 0) is 40.4 Å². The van der Waals surface area contributed by atoms with E-state index in [0.717, 1.165) is 25.8 Å². The average molecular weight is 386 g/mol. The average Bonchev–Trinajstić information content (AvgIpc) is 2.46. The Kier molecular flexibility index (Phi) is 7.32. The van der Waals surface area contributed by atoms with Gasteiger partial charge in [0.1, 0.15) is 0 Å². The van der Waals surface area contributed by atoms with Crippen molar-refractivity contribution in [1.29, 1.82) is 0 Å². The van der Waals surface area contributed by atoms with Crippen molar-refractivity contribution in [3.8, 4) is 0 Å². The highest BCUT2D eigenvalue weighted by atomic mass is 127. The van der Waals surface area contributed by atoms with E-state index >= 15 is 0 Å². The maximum Gasteiger partial charge on any atom is 0.457 e. The van der Waals surface area contributed by atoms with Gasteiger partial charge in [0, 0.05) is 21.2 Å². The largest absolute Gasteiger partial charge is 0.457 e. The zero-order chi connectivity index (χ0) is 13.6. The summed E-state index contributed by atoms with van der Waals surface area (Å²) in [6, 6.07) is 0. The fourth-order valence-electron chi connectivity index (χ4n) is 1.94. The van der Waals surface area contributed by atoms with E-state index in [1.54, 1.807) is 0 Å². The van der Waals surface area contributed by atoms with Crippen LogP contribution in [0.2, 0.25) is 6.32 Å². The van der Waals surface area contributed by atoms with Crippen molar-refractivity contribution >= 4 is 37.5 Å². The van der Waals surface area contributed by atoms with E-state index in [1.807, 2.05) is 0 Å². The van der Waals surface area contributed by atoms with Crippen LogP contribution in [0.5, 0.6) is 0 Å². The molecule has 0 aromatic heterocycles. The van der Waals surface area contributed by atoms with Crippen molar-refractivity contribution in [2.24, 2.45) is 0 Å². The molecule has 0 radical (unpaired) electrons. The maximum absolute atomic E-state index is 5.96. The molecule has 0 atom stereocenters. The third-order valence-electron chi connectivity index (χ3n) is 3.76. The highest BCUT2D eigenvalue weighted by Crippen LogP contribution is 2.38. The number of rotatable bonds is 8. The van der Waals surface area contributed by atoms with Gasteiger partial charge >= 0.3 is 7.12 Å². The van der Waals surface area contributed by atoms with Crippen molar-refractivity contribution in [2.45, 2.75) is 70.9 Å². The Balaban J connectivity index is 2.08. The summed E-state index contributed by atoms with van der Waals surface area (Å²) in [5.41, 5.74) is -0.383. The smallest absolute Gasteiger partial charge is 0.403 e. The molecule has 1 aliphatic rings. The molecule has 0 amide bonds. The SMILES string of the molecule is CC1(C)OB(CCCCCCOSI)OC1(C)C. The van der Waals surface area contributed by atoms with Crippen molar-refractivity contribution < 1.29 is 13.5 Å². The summed E-state index contributed by atoms with van der Waals surface area (Å²) >= 11 is 2.15. The van der Waals surface area contributed by atoms with Gasteiger partial charge in [-0.2, -0.15) is 0 Å². The molecular formula is C12H24BIO3S. The quantitative estimate of drug-likeness (QED) is 0.263. The molecule has 1 fully saturated rings. The molecule has 1 heterocycles. The number of unbranched alkanes of at least 4 members (excludes halogenated alkanes) is 3. The van der Waals surface area contributed by atoms with Gasteiger partial charge in [-0.1, -0.05) is 19.3 Å². The third kappa shape index (κ3) is 5.19. The molecule has 0 unspecified atom stereocenters. The predicted octanol–water partition coefficient (Wildman–Crippen LogP) is 4.65. The van der Waals surface area contributed by atoms with Crippen LogP contribution in [0.1, 0.15) is 53.4 Å². The molecule has 0 aromatic carbocycles. The van der Waals surface area contributed by atoms with Crippen LogP contribution in [-0.4, -0.2) is 24.9 Å². The number of halogens is 1. The first kappa shape index (κ1) is 17.1. The molecule has 3 nitrogen and oxygen atoms in total. The monoisotopic (exact) mass is 386 g/mol. The van der Waals surface area contributed by atoms with Crippen LogP contribution in [0.4, 0.5) is 0 Å². The summed E-state index contributed by atoms with van der Waals surface area (Å²) in [6.07, 6.45) is 5.73. The van der Waals surface area contributed by atoms with E-state index < -0.39 is 0 Å². The Morgan fingerprint density at radius 3 is 2.11 bits per heavy atom. The molecule has 0 aromatic rings. The number of hydrogen-bond donors (Lipinski definition) is 0. The summed E-state index contributed by atoms with van der Waals surface area (Å²) in [4.78, 5) is 0. The molecule has 1 aliphatic heterocycles. The lowest BCUT2D eigenvalue weighted by molar-refractivity contribution is 0.00578. The van der Waals surface area contributed by atoms with E-state index in [4.69, 9.17) is 13.5 Å². The second-order valence-corrected chi connectivity index (χ2v) is 7.21. The van der Waals surface area contributed by atoms with E-state index in [1.165, 1.54) is 22.1 Å². The van der Waals surface area contributed by atoms with E-state index in [-0.39, 0.29) is 18.3 Å². The van der Waals surface area contributed by atoms with Crippen molar-refractivity contribution in [3.05, 3.63) is 0 Å². The van der Waals surface area contributed by atoms with Crippen molar-refractivity contribution in [3.63, 3.8) is 0 Å². The van der Waals surface area contributed by atoms with Gasteiger partial charge in [-0.3, -0.25) is 0 Å². The fraction of sp³-hybridized carbons (Fsp3) is 1.00. The molecule has 0 spiro atoms. The Morgan fingerprint density at radius 1 is 1.00 bits per heavy atom. The minimum absolute atomic E-state index is 0.0313. The number of hydrogen-bond acceptors (Lipinski definition) is 4. The molecule has 6 heteroatoms. The van der Waals surface area contributed by atoms with Crippen LogP contribution in [0.15, 0.2) is 0 Å². The Morgan fingerprint density at radius 2 is 1.56 bits per heavy atom. The van der Waals surface area contributed by atoms with Crippen molar-refractivity contribution in [1.82, 2.24) is 0 Å². The Bertz CT molecular complexity index is 235. The molecule has 106 valence electrons. The first-order valence-electron chi connectivity index (χ1n) is 6.65. The standard InChI is InChI=1S/C12H24BIO3S/c1-11(2)12(3,4)17-13(16-11)9-7-5-6-8-10-15-18-14/h5-10H2,1-4H3. The van der Waals surface area contributed by atoms with E-state index in [2.05, 4.69) is 48.9 Å². The van der Waals surface area contributed by atoms with E-state index in [0.29, 0.717) is 0 Å². The molecule has 1 rings (SSSR count). The lowest BCUT2D eigenvalue weighted by Crippen LogP contribution is -2.41. The maximum atomic E-state index is 5.96. The fourth-order valence-corrected chi connectivity index (χ4v) is 2.66. The summed E-state index contributed by atoms with van der Waals surface area (Å²) in [5.74, 6) is 0. The zero-order valence-electron chi connectivity index (χ0n) is 11.8. The Labute approximate surface area is 128 Å². The second kappa shape index (κ2) is 7.71. The van der Waals surface area contributed by atoms with Crippen LogP contribution < -0.4 is 0 Å². The van der Waals surface area contributed by atoms with Gasteiger partial charge in [-0.15, -0.1) is 0 Å². The van der Waals surface area contributed by atoms with Crippen LogP contribution in [-0.2, 0) is 13.5 Å². The first-order chi connectivity index (χ1) is 8.39. The molecule has 0 saturated carbocycles. The van der Waals surface area contributed by atoms with Crippen LogP contribution in [0.3, 0.4) is 0 Å². The molecule has 1 saturated heterocycles. The summed E-state index contributed by atoms with van der Waals surface area (Å²) in [5, 5.41) is 0. The molecular weight excluding hydrogens is 362 g/mol. The highest BCUT2D eigenvalue weighted by Gasteiger charge is 2.50. The predicted molar refractivity (Wildman–Crippen MR) is 86.9 cm³/mol. The van der Waals surface area contributed by atoms with Gasteiger partial charge in [0.2, 0.25) is 0 Å². The van der Waals surface area contributed by atoms with Crippen LogP contribution in [0, 0.1) is 0 Å². The van der Waals surface area contributed by atoms with Crippen LogP contribution >= 0.6 is 30.4 Å². The highest BCUT2D eigenvalue weighted by molar-refractivity contribution is 14.2. The van der Waals surface area contributed by atoms with E-state index in [9.17, 15) is 0 Å². The molecule has 18 heavy (non-hydrogen) atoms. The zero-order valence-corrected chi connectivity index (χ0v) is 14.8. The summed E-state index contributed by atoms with van der Waals surface area (Å²) in [7, 11) is 1.38. The topological polar surface area (TPSA) is 27.7 Å². The normalized spacial score (nSPS) is 21.5.